The minimum Gasteiger partial charge on any atom is -0.493 e. The zero-order chi connectivity index (χ0) is 18.5. The molecule has 0 aliphatic carbocycles. The minimum atomic E-state index is -0.145. The lowest BCUT2D eigenvalue weighted by Crippen LogP contribution is -1.97. The first kappa shape index (κ1) is 17.8. The maximum Gasteiger partial charge on any atom is 0.186 e. The van der Waals surface area contributed by atoms with Crippen molar-refractivity contribution in [3.8, 4) is 22.8 Å². The van der Waals surface area contributed by atoms with E-state index >= 15 is 0 Å². The molecule has 0 amide bonds. The molecule has 3 rings (SSSR count). The second kappa shape index (κ2) is 7.89. The highest BCUT2D eigenvalue weighted by molar-refractivity contribution is 6.30. The van der Waals surface area contributed by atoms with Gasteiger partial charge in [-0.05, 0) is 48.6 Å². The first-order valence-corrected chi connectivity index (χ1v) is 8.24. The molecule has 0 saturated carbocycles. The number of allylic oxidation sites excluding steroid dienone is 1. The first-order chi connectivity index (χ1) is 12.6. The zero-order valence-electron chi connectivity index (χ0n) is 14.3. The Labute approximate surface area is 156 Å². The molecule has 3 aromatic rings. The number of aromatic nitrogens is 2. The van der Waals surface area contributed by atoms with Crippen LogP contribution in [0.2, 0.25) is 5.02 Å². The van der Waals surface area contributed by atoms with Crippen molar-refractivity contribution in [2.45, 2.75) is 0 Å². The number of aromatic amines is 1. The number of ketones is 1. The van der Waals surface area contributed by atoms with Gasteiger partial charge in [0.05, 0.1) is 25.6 Å². The van der Waals surface area contributed by atoms with E-state index in [1.807, 2.05) is 30.3 Å². The summed E-state index contributed by atoms with van der Waals surface area (Å²) >= 11 is 5.89. The number of carbonyl (C=O) groups is 1. The summed E-state index contributed by atoms with van der Waals surface area (Å²) in [5, 5.41) is 7.82. The fourth-order valence-corrected chi connectivity index (χ4v) is 2.57. The minimum absolute atomic E-state index is 0.145. The number of nitrogens with zero attached hydrogens (tertiary/aromatic N) is 1. The first-order valence-electron chi connectivity index (χ1n) is 7.86. The van der Waals surface area contributed by atoms with Crippen LogP contribution in [0.15, 0.2) is 54.6 Å². The molecule has 2 aromatic carbocycles. The van der Waals surface area contributed by atoms with Crippen LogP contribution in [0.1, 0.15) is 16.1 Å². The molecule has 5 nitrogen and oxygen atoms in total. The predicted molar refractivity (Wildman–Crippen MR) is 102 cm³/mol. The fraction of sp³-hybridized carbons (Fsp3) is 0.100. The van der Waals surface area contributed by atoms with Gasteiger partial charge in [0, 0.05) is 16.1 Å². The molecule has 0 fully saturated rings. The zero-order valence-corrected chi connectivity index (χ0v) is 15.1. The Kier molecular flexibility index (Phi) is 5.39. The molecule has 0 spiro atoms. The second-order valence-electron chi connectivity index (χ2n) is 5.48. The SMILES string of the molecule is COc1ccc(C(=O)C=Cc2cc(-c3ccc(Cl)cc3)n[nH]2)cc1OC. The average molecular weight is 369 g/mol. The maximum atomic E-state index is 12.4. The van der Waals surface area contributed by atoms with E-state index in [0.29, 0.717) is 22.1 Å². The van der Waals surface area contributed by atoms with E-state index in [4.69, 9.17) is 21.1 Å². The number of hydrogen-bond acceptors (Lipinski definition) is 4. The summed E-state index contributed by atoms with van der Waals surface area (Å²) in [7, 11) is 3.08. The molecule has 0 aliphatic rings. The summed E-state index contributed by atoms with van der Waals surface area (Å²) in [6.07, 6.45) is 3.17. The van der Waals surface area contributed by atoms with Gasteiger partial charge in [0.15, 0.2) is 17.3 Å². The van der Waals surface area contributed by atoms with Crippen LogP contribution in [-0.2, 0) is 0 Å². The van der Waals surface area contributed by atoms with E-state index in [0.717, 1.165) is 17.0 Å². The average Bonchev–Trinajstić information content (AvgIpc) is 3.15. The Morgan fingerprint density at radius 3 is 2.46 bits per heavy atom. The number of rotatable bonds is 6. The van der Waals surface area contributed by atoms with Crippen molar-refractivity contribution in [3.05, 3.63) is 70.9 Å². The number of benzene rings is 2. The number of H-pyrrole nitrogens is 1. The molecule has 132 valence electrons. The lowest BCUT2D eigenvalue weighted by atomic mass is 10.1. The number of ether oxygens (including phenoxy) is 2. The van der Waals surface area contributed by atoms with Gasteiger partial charge in [-0.1, -0.05) is 23.7 Å². The van der Waals surface area contributed by atoms with E-state index in [-0.39, 0.29) is 5.78 Å². The fourth-order valence-electron chi connectivity index (χ4n) is 2.44. The van der Waals surface area contributed by atoms with Gasteiger partial charge in [0.1, 0.15) is 0 Å². The van der Waals surface area contributed by atoms with Gasteiger partial charge >= 0.3 is 0 Å². The van der Waals surface area contributed by atoms with Crippen LogP contribution >= 0.6 is 11.6 Å². The smallest absolute Gasteiger partial charge is 0.186 e. The quantitative estimate of drug-likeness (QED) is 0.508. The van der Waals surface area contributed by atoms with Crippen molar-refractivity contribution >= 4 is 23.5 Å². The van der Waals surface area contributed by atoms with Crippen molar-refractivity contribution in [1.29, 1.82) is 0 Å². The summed E-state index contributed by atoms with van der Waals surface area (Å²) < 4.78 is 10.4. The molecule has 0 radical (unpaired) electrons. The number of carbonyl (C=O) groups excluding carboxylic acids is 1. The van der Waals surface area contributed by atoms with Crippen LogP contribution < -0.4 is 9.47 Å². The van der Waals surface area contributed by atoms with Crippen molar-refractivity contribution in [1.82, 2.24) is 10.2 Å². The molecule has 0 saturated heterocycles. The molecule has 1 heterocycles. The summed E-state index contributed by atoms with van der Waals surface area (Å²) in [6, 6.07) is 14.3. The number of halogens is 1. The Bertz CT molecular complexity index is 946. The van der Waals surface area contributed by atoms with Gasteiger partial charge in [-0.15, -0.1) is 0 Å². The standard InChI is InChI=1S/C20H17ClN2O3/c1-25-19-10-5-14(11-20(19)26-2)18(24)9-8-16-12-17(23-22-16)13-3-6-15(21)7-4-13/h3-12H,1-2H3,(H,22,23). The van der Waals surface area contributed by atoms with Gasteiger partial charge in [-0.2, -0.15) is 5.10 Å². The van der Waals surface area contributed by atoms with Crippen LogP contribution in [0.4, 0.5) is 0 Å². The number of hydrogen-bond donors (Lipinski definition) is 1. The van der Waals surface area contributed by atoms with E-state index in [2.05, 4.69) is 10.2 Å². The summed E-state index contributed by atoms with van der Waals surface area (Å²) in [5.74, 6) is 0.945. The van der Waals surface area contributed by atoms with E-state index in [1.54, 1.807) is 31.4 Å². The third kappa shape index (κ3) is 3.95. The van der Waals surface area contributed by atoms with Crippen LogP contribution in [0, 0.1) is 0 Å². The Morgan fingerprint density at radius 1 is 1.04 bits per heavy atom. The predicted octanol–water partition coefficient (Wildman–Crippen LogP) is 4.64. The van der Waals surface area contributed by atoms with E-state index in [9.17, 15) is 4.79 Å². The number of nitrogens with one attached hydrogen (secondary N) is 1. The Hall–Kier alpha value is -3.05. The molecule has 6 heteroatoms. The van der Waals surface area contributed by atoms with Gasteiger partial charge in [-0.3, -0.25) is 9.89 Å². The maximum absolute atomic E-state index is 12.4. The molecule has 1 N–H and O–H groups in total. The highest BCUT2D eigenvalue weighted by Gasteiger charge is 2.09. The van der Waals surface area contributed by atoms with Crippen LogP contribution in [0.25, 0.3) is 17.3 Å². The van der Waals surface area contributed by atoms with Crippen molar-refractivity contribution in [3.63, 3.8) is 0 Å². The third-order valence-corrected chi connectivity index (χ3v) is 4.07. The van der Waals surface area contributed by atoms with Gasteiger partial charge < -0.3 is 9.47 Å². The van der Waals surface area contributed by atoms with Gasteiger partial charge in [0.2, 0.25) is 0 Å². The van der Waals surface area contributed by atoms with Crippen LogP contribution in [0.3, 0.4) is 0 Å². The van der Waals surface area contributed by atoms with Crippen molar-refractivity contribution in [2.75, 3.05) is 14.2 Å². The van der Waals surface area contributed by atoms with Gasteiger partial charge in [0.25, 0.3) is 0 Å². The van der Waals surface area contributed by atoms with E-state index < -0.39 is 0 Å². The molecule has 26 heavy (non-hydrogen) atoms. The topological polar surface area (TPSA) is 64.2 Å². The molecule has 0 aliphatic heterocycles. The lowest BCUT2D eigenvalue weighted by molar-refractivity contribution is 0.104. The summed E-state index contributed by atoms with van der Waals surface area (Å²) in [4.78, 5) is 12.4. The number of methoxy groups -OCH3 is 2. The highest BCUT2D eigenvalue weighted by atomic mass is 35.5. The third-order valence-electron chi connectivity index (χ3n) is 3.82. The molecule has 0 atom stereocenters. The van der Waals surface area contributed by atoms with Crippen molar-refractivity contribution < 1.29 is 14.3 Å². The highest BCUT2D eigenvalue weighted by Crippen LogP contribution is 2.28. The second-order valence-corrected chi connectivity index (χ2v) is 5.92. The molecule has 1 aromatic heterocycles. The van der Waals surface area contributed by atoms with E-state index in [1.165, 1.54) is 13.2 Å². The van der Waals surface area contributed by atoms with Crippen LogP contribution in [0.5, 0.6) is 11.5 Å². The summed E-state index contributed by atoms with van der Waals surface area (Å²) in [5.41, 5.74) is 2.96. The molecular formula is C20H17ClN2O3. The Morgan fingerprint density at radius 2 is 1.77 bits per heavy atom. The molecule has 0 unspecified atom stereocenters. The lowest BCUT2D eigenvalue weighted by Gasteiger charge is -2.07. The molecule has 0 bridgehead atoms. The van der Waals surface area contributed by atoms with Gasteiger partial charge in [-0.25, -0.2) is 0 Å². The van der Waals surface area contributed by atoms with Crippen LogP contribution in [-0.4, -0.2) is 30.2 Å². The molecular weight excluding hydrogens is 352 g/mol. The largest absolute Gasteiger partial charge is 0.493 e. The monoisotopic (exact) mass is 368 g/mol. The Balaban J connectivity index is 1.76. The summed E-state index contributed by atoms with van der Waals surface area (Å²) in [6.45, 7) is 0. The van der Waals surface area contributed by atoms with Crippen molar-refractivity contribution in [2.24, 2.45) is 0 Å². The normalized spacial score (nSPS) is 10.9.